The van der Waals surface area contributed by atoms with Gasteiger partial charge in [0.2, 0.25) is 0 Å². The molecule has 0 aromatic carbocycles. The first-order valence-electron chi connectivity index (χ1n) is 8.32. The van der Waals surface area contributed by atoms with E-state index in [9.17, 15) is 35.3 Å². The quantitative estimate of drug-likeness (QED) is 0.410. The van der Waals surface area contributed by atoms with Crippen LogP contribution in [-0.4, -0.2) is 35.2 Å². The van der Waals surface area contributed by atoms with Gasteiger partial charge in [-0.2, -0.15) is 17.6 Å². The van der Waals surface area contributed by atoms with Crippen LogP contribution in [0.25, 0.3) is 0 Å². The fourth-order valence-corrected chi connectivity index (χ4v) is 4.89. The number of rotatable bonds is 3. The first-order chi connectivity index (χ1) is 11.4. The average molecular weight is 406 g/mol. The summed E-state index contributed by atoms with van der Waals surface area (Å²) in [7, 11) is -6.35. The number of alkyl halides is 4. The molecule has 0 aromatic heterocycles. The van der Waals surface area contributed by atoms with E-state index in [0.29, 0.717) is 25.0 Å². The van der Waals surface area contributed by atoms with E-state index in [1.807, 2.05) is 0 Å². The molecule has 146 valence electrons. The Hall–Kier alpha value is -0.350. The Labute approximate surface area is 149 Å². The summed E-state index contributed by atoms with van der Waals surface area (Å²) >= 11 is 3.35. The van der Waals surface area contributed by atoms with Gasteiger partial charge >= 0.3 is 11.2 Å². The fraction of sp³-hybridized carbons (Fsp3) is 0.933. The first-order valence-corrected chi connectivity index (χ1v) is 10.3. The lowest BCUT2D eigenvalue weighted by atomic mass is 9.84. The lowest BCUT2D eigenvalue weighted by molar-refractivity contribution is -0.202. The van der Waals surface area contributed by atoms with Gasteiger partial charge in [0, 0.05) is 18.8 Å². The van der Waals surface area contributed by atoms with Crippen molar-refractivity contribution in [3.8, 4) is 0 Å². The molecule has 3 saturated carbocycles. The van der Waals surface area contributed by atoms with Gasteiger partial charge in [-0.3, -0.25) is 4.79 Å². The Kier molecular flexibility index (Phi) is 6.15. The number of halogens is 4. The Morgan fingerprint density at radius 1 is 1.04 bits per heavy atom. The summed E-state index contributed by atoms with van der Waals surface area (Å²) in [6.45, 7) is 0. The van der Waals surface area contributed by atoms with E-state index in [2.05, 4.69) is 12.6 Å². The highest BCUT2D eigenvalue weighted by molar-refractivity contribution is 7.86. The Balaban J connectivity index is 0.000000236. The van der Waals surface area contributed by atoms with E-state index >= 15 is 0 Å². The highest BCUT2D eigenvalue weighted by Crippen LogP contribution is 2.58. The van der Waals surface area contributed by atoms with E-state index in [1.54, 1.807) is 0 Å². The van der Waals surface area contributed by atoms with Gasteiger partial charge in [0.15, 0.2) is 21.2 Å². The van der Waals surface area contributed by atoms with Gasteiger partial charge in [-0.25, -0.2) is 8.42 Å². The van der Waals surface area contributed by atoms with Crippen molar-refractivity contribution in [1.29, 1.82) is 0 Å². The molecule has 4 unspecified atom stereocenters. The zero-order valence-electron chi connectivity index (χ0n) is 13.5. The first kappa shape index (κ1) is 21.0. The Bertz CT molecular complexity index is 609. The largest absolute Gasteiger partial charge is 0.743 e. The van der Waals surface area contributed by atoms with E-state index in [0.717, 1.165) is 19.3 Å². The molecule has 10 heteroatoms. The van der Waals surface area contributed by atoms with Crippen molar-refractivity contribution < 1.29 is 35.3 Å². The number of hydrogen-bond donors (Lipinski definition) is 0. The minimum absolute atomic E-state index is 0.0407. The number of hydrogen-bond acceptors (Lipinski definition) is 4. The normalized spacial score (nSPS) is 33.1. The molecule has 0 spiro atoms. The zero-order valence-corrected chi connectivity index (χ0v) is 15.3. The lowest BCUT2D eigenvalue weighted by Gasteiger charge is -2.36. The smallest absolute Gasteiger partial charge is 0.396 e. The molecule has 3 aliphatic rings. The number of carbonyl (C=O) groups is 1. The number of Topliss-reactive ketones (excluding diaryl/α,β-unsaturated/α-hetero) is 1. The van der Waals surface area contributed by atoms with E-state index in [1.165, 1.54) is 6.42 Å². The topological polar surface area (TPSA) is 74.3 Å². The van der Waals surface area contributed by atoms with Crippen molar-refractivity contribution in [3.63, 3.8) is 0 Å². The standard InChI is InChI=1S/C9H12F4O3S.C6H10OS/c10-8(11,9(12,13)17(14,15)16)7-4-5-1-2-6(7)3-5;7-5-3-1-2-4-6(5)8/h5-7H,1-4H2,(H,14,15,16);6,8H,1-4H2. The summed E-state index contributed by atoms with van der Waals surface area (Å²) in [6.07, 6.45) is 5.55. The van der Waals surface area contributed by atoms with Crippen LogP contribution >= 0.6 is 0 Å². The molecular weight excluding hydrogens is 384 g/mol. The van der Waals surface area contributed by atoms with Crippen LogP contribution in [0.3, 0.4) is 0 Å². The maximum atomic E-state index is 13.5. The van der Waals surface area contributed by atoms with Crippen molar-refractivity contribution in [2.45, 2.75) is 67.8 Å². The molecule has 0 N–H and O–H groups in total. The monoisotopic (exact) mass is 406 g/mol. The zero-order chi connectivity index (χ0) is 19.0. The third kappa shape index (κ3) is 4.16. The molecule has 2 bridgehead atoms. The van der Waals surface area contributed by atoms with Crippen LogP contribution in [0.15, 0.2) is 0 Å². The fourth-order valence-electron chi connectivity index (χ4n) is 4.05. The molecule has 3 aliphatic carbocycles. The second-order valence-electron chi connectivity index (χ2n) is 7.14. The molecule has 0 aliphatic heterocycles. The summed E-state index contributed by atoms with van der Waals surface area (Å²) in [6, 6.07) is 0. The average Bonchev–Trinajstić information content (AvgIpc) is 3.13. The molecule has 25 heavy (non-hydrogen) atoms. The molecule has 4 nitrogen and oxygen atoms in total. The van der Waals surface area contributed by atoms with Crippen molar-refractivity contribution >= 4 is 28.5 Å². The van der Waals surface area contributed by atoms with Gasteiger partial charge in [-0.05, 0) is 56.6 Å². The van der Waals surface area contributed by atoms with Crippen LogP contribution in [0.1, 0.15) is 51.4 Å². The van der Waals surface area contributed by atoms with Crippen LogP contribution in [0.4, 0.5) is 17.6 Å². The summed E-state index contributed by atoms with van der Waals surface area (Å²) in [4.78, 5) is 10.7. The Morgan fingerprint density at radius 2 is 1.68 bits per heavy atom. The van der Waals surface area contributed by atoms with Crippen LogP contribution < -0.4 is 0 Å². The molecular formula is C15H22F4O4S2. The van der Waals surface area contributed by atoms with Crippen molar-refractivity contribution in [2.24, 2.45) is 17.8 Å². The third-order valence-electron chi connectivity index (χ3n) is 5.46. The van der Waals surface area contributed by atoms with Gasteiger partial charge < -0.3 is 4.55 Å². The molecule has 0 heterocycles. The van der Waals surface area contributed by atoms with Crippen LogP contribution in [-0.2, 0) is 27.5 Å². The highest BCUT2D eigenvalue weighted by atomic mass is 32.2. The maximum absolute atomic E-state index is 13.5. The second kappa shape index (κ2) is 7.34. The predicted octanol–water partition coefficient (Wildman–Crippen LogP) is 2.71. The molecule has 4 atom stereocenters. The number of fused-ring (bicyclic) bond motifs is 2. The SMILES string of the molecule is O=C1CCCCC1[SH2+].O=S(=O)([O-])C(F)(F)C(F)(F)C1CC2CCC1C2. The van der Waals surface area contributed by atoms with Gasteiger partial charge in [0.25, 0.3) is 0 Å². The summed E-state index contributed by atoms with van der Waals surface area (Å²) in [5, 5.41) is -5.35. The van der Waals surface area contributed by atoms with Crippen LogP contribution in [0.5, 0.6) is 0 Å². The van der Waals surface area contributed by atoms with Gasteiger partial charge in [-0.15, -0.1) is 0 Å². The molecule has 3 rings (SSSR count). The van der Waals surface area contributed by atoms with Crippen molar-refractivity contribution in [1.82, 2.24) is 0 Å². The van der Waals surface area contributed by atoms with Crippen LogP contribution in [0.2, 0.25) is 0 Å². The van der Waals surface area contributed by atoms with Gasteiger partial charge in [-0.1, -0.05) is 6.42 Å². The summed E-state index contributed by atoms with van der Waals surface area (Å²) in [5.41, 5.74) is 0. The molecule has 0 saturated heterocycles. The predicted molar refractivity (Wildman–Crippen MR) is 85.9 cm³/mol. The van der Waals surface area contributed by atoms with Gasteiger partial charge in [0.1, 0.15) is 0 Å². The lowest BCUT2D eigenvalue weighted by Crippen LogP contribution is -2.52. The molecule has 0 amide bonds. The minimum atomic E-state index is -6.35. The van der Waals surface area contributed by atoms with Crippen molar-refractivity contribution in [3.05, 3.63) is 0 Å². The van der Waals surface area contributed by atoms with Gasteiger partial charge in [0.05, 0.1) is 0 Å². The van der Waals surface area contributed by atoms with E-state index in [-0.39, 0.29) is 17.6 Å². The maximum Gasteiger partial charge on any atom is 0.396 e. The molecule has 0 aromatic rings. The van der Waals surface area contributed by atoms with E-state index in [4.69, 9.17) is 0 Å². The molecule has 3 fully saturated rings. The van der Waals surface area contributed by atoms with E-state index < -0.39 is 33.1 Å². The second-order valence-corrected chi connectivity index (χ2v) is 9.26. The van der Waals surface area contributed by atoms with Crippen molar-refractivity contribution in [2.75, 3.05) is 0 Å². The molecule has 0 radical (unpaired) electrons. The highest BCUT2D eigenvalue weighted by Gasteiger charge is 2.68. The Morgan fingerprint density at radius 3 is 2.04 bits per heavy atom. The van der Waals surface area contributed by atoms with Crippen LogP contribution in [0, 0.1) is 17.8 Å². The third-order valence-corrected chi connectivity index (χ3v) is 6.97. The summed E-state index contributed by atoms with van der Waals surface area (Å²) in [5.74, 6) is -6.72. The number of ketones is 1. The number of carbonyl (C=O) groups excluding carboxylic acids is 1. The minimum Gasteiger partial charge on any atom is -0.743 e. The summed E-state index contributed by atoms with van der Waals surface area (Å²) < 4.78 is 84.0.